The Balaban J connectivity index is 1.81. The summed E-state index contributed by atoms with van der Waals surface area (Å²) >= 11 is 0. The number of para-hydroxylation sites is 1. The van der Waals surface area contributed by atoms with E-state index in [9.17, 15) is 14.7 Å². The van der Waals surface area contributed by atoms with Crippen molar-refractivity contribution < 1.29 is 14.7 Å². The van der Waals surface area contributed by atoms with Gasteiger partial charge >= 0.3 is 0 Å². The molecular weight excluding hydrogens is 292 g/mol. The van der Waals surface area contributed by atoms with Crippen LogP contribution in [0.5, 0.6) is 5.75 Å². The van der Waals surface area contributed by atoms with Gasteiger partial charge in [0.05, 0.1) is 11.3 Å². The zero-order valence-electron chi connectivity index (χ0n) is 13.8. The molecule has 0 aliphatic heterocycles. The number of phenols is 1. The zero-order valence-corrected chi connectivity index (χ0v) is 13.8. The average molecular weight is 316 g/mol. The van der Waals surface area contributed by atoms with Gasteiger partial charge in [-0.05, 0) is 48.1 Å². The first-order chi connectivity index (χ1) is 10.8. The van der Waals surface area contributed by atoms with Crippen molar-refractivity contribution in [2.45, 2.75) is 46.1 Å². The predicted molar refractivity (Wildman–Crippen MR) is 88.3 cm³/mol. The Kier molecular flexibility index (Phi) is 3.62. The Morgan fingerprint density at radius 1 is 1.35 bits per heavy atom. The summed E-state index contributed by atoms with van der Waals surface area (Å²) in [5.41, 5.74) is 0.739. The van der Waals surface area contributed by atoms with Crippen LogP contribution in [0.1, 0.15) is 50.4 Å². The van der Waals surface area contributed by atoms with Gasteiger partial charge in [0.1, 0.15) is 0 Å². The van der Waals surface area contributed by atoms with Crippen LogP contribution >= 0.6 is 0 Å². The van der Waals surface area contributed by atoms with Crippen molar-refractivity contribution in [1.82, 2.24) is 5.32 Å². The number of aromatic hydroxyl groups is 1. The topological polar surface area (TPSA) is 78.4 Å². The lowest BCUT2D eigenvalue weighted by atomic mass is 9.69. The van der Waals surface area contributed by atoms with Crippen molar-refractivity contribution in [3.8, 4) is 5.75 Å². The minimum atomic E-state index is -0.286. The molecule has 3 unspecified atom stereocenters. The number of hydrogen-bond acceptors (Lipinski definition) is 3. The van der Waals surface area contributed by atoms with Gasteiger partial charge in [0.2, 0.25) is 6.41 Å². The Morgan fingerprint density at radius 3 is 2.65 bits per heavy atom. The second kappa shape index (κ2) is 5.25. The van der Waals surface area contributed by atoms with Crippen LogP contribution in [-0.4, -0.2) is 23.5 Å². The molecule has 23 heavy (non-hydrogen) atoms. The quantitative estimate of drug-likeness (QED) is 0.590. The van der Waals surface area contributed by atoms with Crippen LogP contribution in [0.25, 0.3) is 0 Å². The van der Waals surface area contributed by atoms with Crippen molar-refractivity contribution in [1.29, 1.82) is 0 Å². The summed E-state index contributed by atoms with van der Waals surface area (Å²) in [6, 6.07) is 4.89. The molecule has 2 aliphatic rings. The second-order valence-electron chi connectivity index (χ2n) is 7.60. The summed E-state index contributed by atoms with van der Waals surface area (Å²) in [6.07, 6.45) is 3.81. The van der Waals surface area contributed by atoms with Crippen LogP contribution in [0, 0.1) is 16.7 Å². The summed E-state index contributed by atoms with van der Waals surface area (Å²) in [4.78, 5) is 23.2. The molecule has 3 N–H and O–H groups in total. The first-order valence-corrected chi connectivity index (χ1v) is 8.14. The summed E-state index contributed by atoms with van der Waals surface area (Å²) in [5, 5.41) is 15.7. The van der Waals surface area contributed by atoms with E-state index in [1.165, 1.54) is 6.42 Å². The molecule has 1 aromatic carbocycles. The minimum absolute atomic E-state index is 0.0849. The Hall–Kier alpha value is -2.04. The molecule has 0 radical (unpaired) electrons. The normalized spacial score (nSPS) is 30.9. The molecule has 2 amide bonds. The van der Waals surface area contributed by atoms with E-state index >= 15 is 0 Å². The number of amides is 2. The fourth-order valence-corrected chi connectivity index (χ4v) is 4.56. The van der Waals surface area contributed by atoms with Crippen LogP contribution in [0.3, 0.4) is 0 Å². The highest BCUT2D eigenvalue weighted by molar-refractivity contribution is 5.99. The molecule has 2 fully saturated rings. The van der Waals surface area contributed by atoms with E-state index in [0.29, 0.717) is 12.3 Å². The standard InChI is InChI=1S/C18H24N2O3/c1-17(2)11-7-8-18(17,3)14(9-11)20-16(23)12-5-4-6-13(15(12)22)19-10-21/h4-6,10-11,14,22H,7-9H2,1-3H3,(H,19,21)(H,20,23). The van der Waals surface area contributed by atoms with Crippen molar-refractivity contribution in [3.63, 3.8) is 0 Å². The monoisotopic (exact) mass is 316 g/mol. The Bertz CT molecular complexity index is 656. The van der Waals surface area contributed by atoms with Gasteiger partial charge < -0.3 is 15.7 Å². The lowest BCUT2D eigenvalue weighted by Crippen LogP contribution is -2.46. The summed E-state index contributed by atoms with van der Waals surface area (Å²) in [7, 11) is 0. The maximum atomic E-state index is 12.6. The molecule has 5 nitrogen and oxygen atoms in total. The number of rotatable bonds is 4. The van der Waals surface area contributed by atoms with E-state index in [4.69, 9.17) is 0 Å². The Morgan fingerprint density at radius 2 is 2.09 bits per heavy atom. The lowest BCUT2D eigenvalue weighted by molar-refractivity contribution is -0.105. The maximum absolute atomic E-state index is 12.6. The second-order valence-corrected chi connectivity index (χ2v) is 7.60. The molecule has 5 heteroatoms. The number of hydrogen-bond donors (Lipinski definition) is 3. The fourth-order valence-electron chi connectivity index (χ4n) is 4.56. The van der Waals surface area contributed by atoms with Gasteiger partial charge in [0, 0.05) is 6.04 Å². The third kappa shape index (κ3) is 2.21. The third-order valence-corrected chi connectivity index (χ3v) is 6.59. The van der Waals surface area contributed by atoms with Crippen molar-refractivity contribution in [2.24, 2.45) is 16.7 Å². The SMILES string of the molecule is CC1(C)C2CCC1(C)C(NC(=O)c1cccc(NC=O)c1O)C2. The van der Waals surface area contributed by atoms with E-state index in [1.807, 2.05) is 0 Å². The van der Waals surface area contributed by atoms with Crippen LogP contribution in [0.15, 0.2) is 18.2 Å². The van der Waals surface area contributed by atoms with Gasteiger partial charge in [-0.25, -0.2) is 0 Å². The smallest absolute Gasteiger partial charge is 0.255 e. The van der Waals surface area contributed by atoms with Gasteiger partial charge in [0.25, 0.3) is 5.91 Å². The maximum Gasteiger partial charge on any atom is 0.255 e. The molecule has 2 aliphatic carbocycles. The van der Waals surface area contributed by atoms with Crippen molar-refractivity contribution in [2.75, 3.05) is 5.32 Å². The third-order valence-electron chi connectivity index (χ3n) is 6.59. The van der Waals surface area contributed by atoms with Crippen molar-refractivity contribution >= 4 is 18.0 Å². The number of fused-ring (bicyclic) bond motifs is 2. The number of nitrogens with one attached hydrogen (secondary N) is 2. The first kappa shape index (κ1) is 15.8. The van der Waals surface area contributed by atoms with Gasteiger partial charge in [-0.2, -0.15) is 0 Å². The number of benzene rings is 1. The largest absolute Gasteiger partial charge is 0.505 e. The minimum Gasteiger partial charge on any atom is -0.505 e. The molecule has 0 saturated heterocycles. The van der Waals surface area contributed by atoms with Crippen LogP contribution in [-0.2, 0) is 4.79 Å². The fraction of sp³-hybridized carbons (Fsp3) is 0.556. The molecule has 3 rings (SSSR count). The lowest BCUT2D eigenvalue weighted by Gasteiger charge is -2.39. The Labute approximate surface area is 136 Å². The predicted octanol–water partition coefficient (Wildman–Crippen LogP) is 2.91. The molecular formula is C18H24N2O3. The number of carbonyl (C=O) groups is 2. The average Bonchev–Trinajstić information content (AvgIpc) is 2.83. The van der Waals surface area contributed by atoms with Gasteiger partial charge in [0.15, 0.2) is 5.75 Å². The van der Waals surface area contributed by atoms with Gasteiger partial charge in [-0.15, -0.1) is 0 Å². The molecule has 0 spiro atoms. The number of phenolic OH excluding ortho intramolecular Hbond substituents is 1. The van der Waals surface area contributed by atoms with Crippen LogP contribution in [0.2, 0.25) is 0 Å². The van der Waals surface area contributed by atoms with Crippen LogP contribution in [0.4, 0.5) is 5.69 Å². The van der Waals surface area contributed by atoms with E-state index in [0.717, 1.165) is 12.8 Å². The highest BCUT2D eigenvalue weighted by atomic mass is 16.3. The molecule has 2 saturated carbocycles. The molecule has 3 atom stereocenters. The van der Waals surface area contributed by atoms with E-state index in [2.05, 4.69) is 31.4 Å². The first-order valence-electron chi connectivity index (χ1n) is 8.14. The highest BCUT2D eigenvalue weighted by Gasteiger charge is 2.61. The van der Waals surface area contributed by atoms with Gasteiger partial charge in [-0.1, -0.05) is 26.8 Å². The summed E-state index contributed by atoms with van der Waals surface area (Å²) in [5.74, 6) is 0.158. The number of carbonyl (C=O) groups excluding carboxylic acids is 2. The van der Waals surface area contributed by atoms with E-state index in [-0.39, 0.29) is 39.8 Å². The summed E-state index contributed by atoms with van der Waals surface area (Å²) in [6.45, 7) is 6.85. The molecule has 0 aromatic heterocycles. The number of anilines is 1. The van der Waals surface area contributed by atoms with Crippen LogP contribution < -0.4 is 10.6 Å². The highest BCUT2D eigenvalue weighted by Crippen LogP contribution is 2.65. The molecule has 124 valence electrons. The molecule has 1 aromatic rings. The van der Waals surface area contributed by atoms with Gasteiger partial charge in [-0.3, -0.25) is 9.59 Å². The van der Waals surface area contributed by atoms with Crippen molar-refractivity contribution in [3.05, 3.63) is 23.8 Å². The zero-order chi connectivity index (χ0) is 16.8. The van der Waals surface area contributed by atoms with E-state index < -0.39 is 0 Å². The van der Waals surface area contributed by atoms with E-state index in [1.54, 1.807) is 18.2 Å². The molecule has 0 heterocycles. The summed E-state index contributed by atoms with van der Waals surface area (Å²) < 4.78 is 0. The molecule has 2 bridgehead atoms.